The quantitative estimate of drug-likeness (QED) is 0.759. The third-order valence-electron chi connectivity index (χ3n) is 2.21. The zero-order chi connectivity index (χ0) is 12.3. The van der Waals surface area contributed by atoms with Crippen LogP contribution >= 0.6 is 0 Å². The first-order chi connectivity index (χ1) is 7.58. The maximum atomic E-state index is 11.7. The zero-order valence-corrected chi connectivity index (χ0v) is 9.47. The predicted octanol–water partition coefficient (Wildman–Crippen LogP) is 0.469. The summed E-state index contributed by atoms with van der Waals surface area (Å²) in [5, 5.41) is 16.7. The number of aromatic nitrogens is 2. The molecule has 1 aromatic heterocycles. The molecule has 1 rings (SSSR count). The van der Waals surface area contributed by atoms with E-state index in [-0.39, 0.29) is 18.8 Å². The highest BCUT2D eigenvalue weighted by atomic mass is 16.3. The van der Waals surface area contributed by atoms with Gasteiger partial charge in [0, 0.05) is 20.1 Å². The highest BCUT2D eigenvalue weighted by molar-refractivity contribution is 5.43. The lowest BCUT2D eigenvalue weighted by Crippen LogP contribution is -2.38. The van der Waals surface area contributed by atoms with Crippen molar-refractivity contribution in [3.63, 3.8) is 0 Å². The van der Waals surface area contributed by atoms with Crippen LogP contribution in [0.25, 0.3) is 0 Å². The second-order valence-corrected chi connectivity index (χ2v) is 3.05. The number of azo groups is 1. The SMILES string of the molecule is CCn1c(O)c(N=NC)c(=O)n(CC)c1=O. The van der Waals surface area contributed by atoms with Crippen LogP contribution in [0.2, 0.25) is 0 Å². The summed E-state index contributed by atoms with van der Waals surface area (Å²) in [5.41, 5.74) is -1.37. The maximum Gasteiger partial charge on any atom is 0.333 e. The smallest absolute Gasteiger partial charge is 0.333 e. The third-order valence-corrected chi connectivity index (χ3v) is 2.21. The van der Waals surface area contributed by atoms with Crippen molar-refractivity contribution in [2.24, 2.45) is 10.2 Å². The Morgan fingerprint density at radius 3 is 2.19 bits per heavy atom. The van der Waals surface area contributed by atoms with Gasteiger partial charge < -0.3 is 5.11 Å². The first-order valence-corrected chi connectivity index (χ1v) is 4.94. The fraction of sp³-hybridized carbons (Fsp3) is 0.556. The highest BCUT2D eigenvalue weighted by Gasteiger charge is 2.16. The van der Waals surface area contributed by atoms with Gasteiger partial charge in [-0.2, -0.15) is 5.11 Å². The summed E-state index contributed by atoms with van der Waals surface area (Å²) in [6, 6.07) is 0. The number of hydrogen-bond acceptors (Lipinski definition) is 5. The summed E-state index contributed by atoms with van der Waals surface area (Å²) >= 11 is 0. The second-order valence-electron chi connectivity index (χ2n) is 3.05. The fourth-order valence-corrected chi connectivity index (χ4v) is 1.43. The van der Waals surface area contributed by atoms with Crippen LogP contribution in [0.4, 0.5) is 5.69 Å². The van der Waals surface area contributed by atoms with Crippen molar-refractivity contribution in [2.75, 3.05) is 7.05 Å². The van der Waals surface area contributed by atoms with Crippen LogP contribution in [0.5, 0.6) is 5.88 Å². The van der Waals surface area contributed by atoms with Crippen LogP contribution in [0.1, 0.15) is 13.8 Å². The molecule has 0 aliphatic carbocycles. The highest BCUT2D eigenvalue weighted by Crippen LogP contribution is 2.19. The van der Waals surface area contributed by atoms with Crippen molar-refractivity contribution in [3.8, 4) is 5.88 Å². The molecule has 0 fully saturated rings. The van der Waals surface area contributed by atoms with Crippen molar-refractivity contribution in [3.05, 3.63) is 20.8 Å². The molecule has 0 atom stereocenters. The van der Waals surface area contributed by atoms with E-state index < -0.39 is 17.1 Å². The average molecular weight is 226 g/mol. The predicted molar refractivity (Wildman–Crippen MR) is 58.4 cm³/mol. The normalized spacial score (nSPS) is 11.2. The molecule has 16 heavy (non-hydrogen) atoms. The summed E-state index contributed by atoms with van der Waals surface area (Å²) in [6.45, 7) is 3.85. The first kappa shape index (κ1) is 12.2. The minimum absolute atomic E-state index is 0.203. The Morgan fingerprint density at radius 1 is 1.19 bits per heavy atom. The molecule has 0 radical (unpaired) electrons. The largest absolute Gasteiger partial charge is 0.493 e. The molecule has 0 spiro atoms. The van der Waals surface area contributed by atoms with Gasteiger partial charge in [0.2, 0.25) is 11.6 Å². The van der Waals surface area contributed by atoms with Crippen LogP contribution in [-0.4, -0.2) is 21.3 Å². The monoisotopic (exact) mass is 226 g/mol. The lowest BCUT2D eigenvalue weighted by molar-refractivity contribution is 0.397. The minimum Gasteiger partial charge on any atom is -0.493 e. The van der Waals surface area contributed by atoms with Gasteiger partial charge in [0.05, 0.1) is 0 Å². The van der Waals surface area contributed by atoms with E-state index in [0.29, 0.717) is 0 Å². The molecule has 0 unspecified atom stereocenters. The second kappa shape index (κ2) is 4.73. The maximum absolute atomic E-state index is 11.7. The lowest BCUT2D eigenvalue weighted by atomic mass is 10.4. The molecule has 7 heteroatoms. The summed E-state index contributed by atoms with van der Waals surface area (Å²) in [4.78, 5) is 23.5. The Balaban J connectivity index is 3.77. The zero-order valence-electron chi connectivity index (χ0n) is 9.47. The fourth-order valence-electron chi connectivity index (χ4n) is 1.43. The molecule has 1 aromatic rings. The van der Waals surface area contributed by atoms with E-state index >= 15 is 0 Å². The van der Waals surface area contributed by atoms with E-state index in [1.54, 1.807) is 13.8 Å². The van der Waals surface area contributed by atoms with Crippen molar-refractivity contribution in [1.29, 1.82) is 0 Å². The molecule has 0 aliphatic heterocycles. The molecule has 1 heterocycles. The van der Waals surface area contributed by atoms with Crippen molar-refractivity contribution >= 4 is 5.69 Å². The van der Waals surface area contributed by atoms with Gasteiger partial charge in [0.1, 0.15) is 0 Å². The first-order valence-electron chi connectivity index (χ1n) is 4.94. The Kier molecular flexibility index (Phi) is 3.60. The van der Waals surface area contributed by atoms with Gasteiger partial charge in [0.15, 0.2) is 0 Å². The molecule has 0 amide bonds. The molecule has 1 N–H and O–H groups in total. The number of hydrogen-bond donors (Lipinski definition) is 1. The van der Waals surface area contributed by atoms with E-state index in [1.807, 2.05) is 0 Å². The number of aromatic hydroxyl groups is 1. The summed E-state index contributed by atoms with van der Waals surface area (Å²) < 4.78 is 2.09. The topological polar surface area (TPSA) is 88.9 Å². The van der Waals surface area contributed by atoms with Crippen LogP contribution in [0.15, 0.2) is 19.8 Å². The van der Waals surface area contributed by atoms with Gasteiger partial charge in [-0.05, 0) is 13.8 Å². The Hall–Kier alpha value is -1.92. The van der Waals surface area contributed by atoms with Crippen molar-refractivity contribution in [1.82, 2.24) is 9.13 Å². The van der Waals surface area contributed by atoms with E-state index in [1.165, 1.54) is 7.05 Å². The van der Waals surface area contributed by atoms with Crippen molar-refractivity contribution < 1.29 is 5.11 Å². The molecule has 0 saturated carbocycles. The van der Waals surface area contributed by atoms with Crippen LogP contribution in [-0.2, 0) is 13.1 Å². The Labute approximate surface area is 91.7 Å². The van der Waals surface area contributed by atoms with Crippen LogP contribution in [0, 0.1) is 0 Å². The van der Waals surface area contributed by atoms with Crippen LogP contribution < -0.4 is 11.2 Å². The molecular weight excluding hydrogens is 212 g/mol. The summed E-state index contributed by atoms with van der Waals surface area (Å²) in [7, 11) is 1.39. The minimum atomic E-state index is -0.625. The van der Waals surface area contributed by atoms with E-state index in [4.69, 9.17) is 0 Å². The molecule has 0 aromatic carbocycles. The van der Waals surface area contributed by atoms with Gasteiger partial charge in [-0.15, -0.1) is 5.11 Å². The molecule has 0 saturated heterocycles. The van der Waals surface area contributed by atoms with E-state index in [9.17, 15) is 14.7 Å². The number of nitrogens with zero attached hydrogens (tertiary/aromatic N) is 4. The molecule has 7 nitrogen and oxygen atoms in total. The standard InChI is InChI=1S/C9H14N4O3/c1-4-12-7(14)6(11-10-3)8(15)13(5-2)9(12)16/h14H,4-5H2,1-3H3. The Bertz CT molecular complexity index is 527. The lowest BCUT2D eigenvalue weighted by Gasteiger charge is -2.10. The summed E-state index contributed by atoms with van der Waals surface area (Å²) in [6.07, 6.45) is 0. The molecule has 0 bridgehead atoms. The Morgan fingerprint density at radius 2 is 1.75 bits per heavy atom. The van der Waals surface area contributed by atoms with E-state index in [2.05, 4.69) is 10.2 Å². The molecule has 88 valence electrons. The average Bonchev–Trinajstić information content (AvgIpc) is 2.26. The van der Waals surface area contributed by atoms with Gasteiger partial charge in [-0.3, -0.25) is 13.9 Å². The number of rotatable bonds is 3. The van der Waals surface area contributed by atoms with Gasteiger partial charge in [-0.1, -0.05) is 0 Å². The van der Waals surface area contributed by atoms with Crippen LogP contribution in [0.3, 0.4) is 0 Å². The van der Waals surface area contributed by atoms with Gasteiger partial charge >= 0.3 is 5.69 Å². The molecule has 0 aliphatic rings. The van der Waals surface area contributed by atoms with Gasteiger partial charge in [0.25, 0.3) is 5.56 Å². The third kappa shape index (κ3) is 1.75. The van der Waals surface area contributed by atoms with E-state index in [0.717, 1.165) is 9.13 Å². The summed E-state index contributed by atoms with van der Waals surface area (Å²) in [5.74, 6) is -0.437. The van der Waals surface area contributed by atoms with Crippen molar-refractivity contribution in [2.45, 2.75) is 26.9 Å². The molecular formula is C9H14N4O3. The van der Waals surface area contributed by atoms with Gasteiger partial charge in [-0.25, -0.2) is 4.79 Å².